The molecule has 224 valence electrons. The smallest absolute Gasteiger partial charge is 0.252 e. The van der Waals surface area contributed by atoms with Crippen molar-refractivity contribution in [2.45, 2.75) is 64.6 Å². The Morgan fingerprint density at radius 2 is 1.58 bits per heavy atom. The summed E-state index contributed by atoms with van der Waals surface area (Å²) in [4.78, 5) is 24.8. The normalized spacial score (nSPS) is 17.7. The van der Waals surface area contributed by atoms with Crippen LogP contribution in [0.4, 0.5) is 0 Å². The van der Waals surface area contributed by atoms with Crippen LogP contribution in [0.2, 0.25) is 0 Å². The van der Waals surface area contributed by atoms with E-state index in [-0.39, 0.29) is 23.6 Å². The Kier molecular flexibility index (Phi) is 9.06. The molecule has 1 atom stereocenters. The number of aromatic hydroxyl groups is 1. The van der Waals surface area contributed by atoms with Gasteiger partial charge in [0, 0.05) is 35.2 Å². The molecule has 6 nitrogen and oxygen atoms in total. The number of phenolic OH excluding ortho intramolecular Hbond substituents is 1. The van der Waals surface area contributed by atoms with Crippen LogP contribution in [0.5, 0.6) is 5.75 Å². The molecule has 0 saturated carbocycles. The van der Waals surface area contributed by atoms with Crippen molar-refractivity contribution >= 4 is 16.8 Å². The molecule has 0 radical (unpaired) electrons. The Morgan fingerprint density at radius 3 is 2.26 bits per heavy atom. The van der Waals surface area contributed by atoms with E-state index >= 15 is 0 Å². The summed E-state index contributed by atoms with van der Waals surface area (Å²) in [5.41, 5.74) is 5.10. The molecule has 6 heteroatoms. The molecule has 0 aliphatic carbocycles. The van der Waals surface area contributed by atoms with Crippen LogP contribution in [-0.4, -0.2) is 58.0 Å². The van der Waals surface area contributed by atoms with Crippen molar-refractivity contribution in [1.29, 1.82) is 0 Å². The fraction of sp³-hybridized carbons (Fsp3) is 0.405. The summed E-state index contributed by atoms with van der Waals surface area (Å²) in [5.74, 6) is 0.243. The highest BCUT2D eigenvalue weighted by molar-refractivity contribution is 6.09. The van der Waals surface area contributed by atoms with Crippen molar-refractivity contribution < 1.29 is 9.90 Å². The Morgan fingerprint density at radius 1 is 0.907 bits per heavy atom. The molecule has 1 aromatic heterocycles. The fourth-order valence-corrected chi connectivity index (χ4v) is 7.00. The van der Waals surface area contributed by atoms with Crippen LogP contribution in [0, 0.1) is 5.92 Å². The molecular formula is C37H44N4O2. The van der Waals surface area contributed by atoms with E-state index in [0.717, 1.165) is 53.7 Å². The SMILES string of the molecule is CC(C)[C@H](NC(=O)c1c(CN2CCC(N3CCCCC3)CC2)c(-c2ccccc2)nc2cc(O)ccc12)c1ccccc1. The van der Waals surface area contributed by atoms with Crippen molar-refractivity contribution in [3.05, 3.63) is 95.6 Å². The third-order valence-corrected chi connectivity index (χ3v) is 9.30. The number of carbonyl (C=O) groups is 1. The van der Waals surface area contributed by atoms with Crippen molar-refractivity contribution in [2.75, 3.05) is 26.2 Å². The monoisotopic (exact) mass is 576 g/mol. The van der Waals surface area contributed by atoms with Crippen LogP contribution in [0.15, 0.2) is 78.9 Å². The maximum atomic E-state index is 14.5. The molecule has 43 heavy (non-hydrogen) atoms. The summed E-state index contributed by atoms with van der Waals surface area (Å²) >= 11 is 0. The lowest BCUT2D eigenvalue weighted by Gasteiger charge is -2.40. The fourth-order valence-electron chi connectivity index (χ4n) is 7.00. The highest BCUT2D eigenvalue weighted by Gasteiger charge is 2.30. The molecule has 3 heterocycles. The number of hydrogen-bond acceptors (Lipinski definition) is 5. The van der Waals surface area contributed by atoms with Gasteiger partial charge in [0.15, 0.2) is 0 Å². The summed E-state index contributed by atoms with van der Waals surface area (Å²) in [7, 11) is 0. The number of pyridine rings is 1. The van der Waals surface area contributed by atoms with E-state index in [1.165, 1.54) is 32.4 Å². The lowest BCUT2D eigenvalue weighted by atomic mass is 9.92. The van der Waals surface area contributed by atoms with Gasteiger partial charge in [0.25, 0.3) is 5.91 Å². The Balaban J connectivity index is 1.40. The van der Waals surface area contributed by atoms with Crippen molar-refractivity contribution in [3.63, 3.8) is 0 Å². The van der Waals surface area contributed by atoms with E-state index in [2.05, 4.69) is 53.2 Å². The summed E-state index contributed by atoms with van der Waals surface area (Å²) in [5, 5.41) is 14.6. The number of piperidine rings is 2. The zero-order valence-corrected chi connectivity index (χ0v) is 25.5. The van der Waals surface area contributed by atoms with E-state index in [1.54, 1.807) is 12.1 Å². The van der Waals surface area contributed by atoms with Gasteiger partial charge in [0.05, 0.1) is 22.8 Å². The first kappa shape index (κ1) is 29.3. The average Bonchev–Trinajstić information content (AvgIpc) is 3.04. The number of carbonyl (C=O) groups excluding carboxylic acids is 1. The molecule has 2 aliphatic rings. The van der Waals surface area contributed by atoms with E-state index in [4.69, 9.17) is 4.98 Å². The van der Waals surface area contributed by atoms with Gasteiger partial charge in [0.1, 0.15) is 5.75 Å². The van der Waals surface area contributed by atoms with Gasteiger partial charge in [-0.2, -0.15) is 0 Å². The minimum atomic E-state index is -0.137. The van der Waals surface area contributed by atoms with Crippen LogP contribution in [-0.2, 0) is 6.54 Å². The zero-order valence-electron chi connectivity index (χ0n) is 25.5. The summed E-state index contributed by atoms with van der Waals surface area (Å²) in [6.45, 7) is 9.40. The predicted molar refractivity (Wildman–Crippen MR) is 174 cm³/mol. The van der Waals surface area contributed by atoms with Crippen molar-refractivity contribution in [3.8, 4) is 17.0 Å². The first-order valence-electron chi connectivity index (χ1n) is 16.0. The summed E-state index contributed by atoms with van der Waals surface area (Å²) in [6, 6.07) is 26.1. The Hall–Kier alpha value is -3.74. The highest BCUT2D eigenvalue weighted by Crippen LogP contribution is 2.34. The lowest BCUT2D eigenvalue weighted by molar-refractivity contribution is 0.0880. The van der Waals surface area contributed by atoms with Gasteiger partial charge in [-0.3, -0.25) is 9.69 Å². The third kappa shape index (κ3) is 6.61. The van der Waals surface area contributed by atoms with Crippen molar-refractivity contribution in [2.24, 2.45) is 5.92 Å². The quantitative estimate of drug-likeness (QED) is 0.232. The average molecular weight is 577 g/mol. The molecule has 0 unspecified atom stereocenters. The maximum absolute atomic E-state index is 14.5. The van der Waals surface area contributed by atoms with Gasteiger partial charge in [-0.25, -0.2) is 4.98 Å². The van der Waals surface area contributed by atoms with Crippen LogP contribution in [0.1, 0.15) is 73.5 Å². The second kappa shape index (κ2) is 13.3. The van der Waals surface area contributed by atoms with E-state index in [0.29, 0.717) is 23.7 Å². The zero-order chi connectivity index (χ0) is 29.8. The number of fused-ring (bicyclic) bond motifs is 1. The number of likely N-dealkylation sites (tertiary alicyclic amines) is 2. The number of rotatable bonds is 8. The van der Waals surface area contributed by atoms with Gasteiger partial charge in [-0.1, -0.05) is 80.9 Å². The second-order valence-corrected chi connectivity index (χ2v) is 12.6. The molecular weight excluding hydrogens is 532 g/mol. The first-order valence-corrected chi connectivity index (χ1v) is 16.0. The maximum Gasteiger partial charge on any atom is 0.252 e. The molecule has 2 saturated heterocycles. The van der Waals surface area contributed by atoms with Gasteiger partial charge in [-0.15, -0.1) is 0 Å². The molecule has 0 bridgehead atoms. The van der Waals surface area contributed by atoms with Crippen LogP contribution < -0.4 is 5.32 Å². The number of nitrogens with one attached hydrogen (secondary N) is 1. The summed E-state index contributed by atoms with van der Waals surface area (Å²) < 4.78 is 0. The van der Waals surface area contributed by atoms with Crippen molar-refractivity contribution in [1.82, 2.24) is 20.1 Å². The topological polar surface area (TPSA) is 68.7 Å². The Bertz CT molecular complexity index is 1530. The molecule has 2 N–H and O–H groups in total. The third-order valence-electron chi connectivity index (χ3n) is 9.30. The van der Waals surface area contributed by atoms with E-state index in [1.807, 2.05) is 42.5 Å². The molecule has 3 aromatic carbocycles. The summed E-state index contributed by atoms with van der Waals surface area (Å²) in [6.07, 6.45) is 6.30. The number of hydrogen-bond donors (Lipinski definition) is 2. The van der Waals surface area contributed by atoms with Gasteiger partial charge >= 0.3 is 0 Å². The predicted octanol–water partition coefficient (Wildman–Crippen LogP) is 7.18. The molecule has 6 rings (SSSR count). The molecule has 2 fully saturated rings. The minimum absolute atomic E-state index is 0.101. The molecule has 2 aliphatic heterocycles. The van der Waals surface area contributed by atoms with E-state index < -0.39 is 0 Å². The van der Waals surface area contributed by atoms with Gasteiger partial charge in [-0.05, 0) is 75.5 Å². The number of aromatic nitrogens is 1. The minimum Gasteiger partial charge on any atom is -0.508 e. The number of benzene rings is 3. The molecule has 0 spiro atoms. The number of phenols is 1. The van der Waals surface area contributed by atoms with Crippen LogP contribution >= 0.6 is 0 Å². The van der Waals surface area contributed by atoms with Gasteiger partial charge < -0.3 is 15.3 Å². The molecule has 1 amide bonds. The van der Waals surface area contributed by atoms with Crippen LogP contribution in [0.3, 0.4) is 0 Å². The van der Waals surface area contributed by atoms with Crippen LogP contribution in [0.25, 0.3) is 22.2 Å². The lowest BCUT2D eigenvalue weighted by Crippen LogP contribution is -2.46. The number of nitrogens with zero attached hydrogens (tertiary/aromatic N) is 3. The van der Waals surface area contributed by atoms with E-state index in [9.17, 15) is 9.90 Å². The highest BCUT2D eigenvalue weighted by atomic mass is 16.3. The van der Waals surface area contributed by atoms with Gasteiger partial charge in [0.2, 0.25) is 0 Å². The largest absolute Gasteiger partial charge is 0.508 e. The molecule has 4 aromatic rings. The first-order chi connectivity index (χ1) is 21.0. The second-order valence-electron chi connectivity index (χ2n) is 12.6. The number of amides is 1. The standard InChI is InChI=1S/C37H44N4O2/c1-26(2)35(27-12-6-3-7-13-27)39-37(43)34-31-17-16-30(42)24-33(31)38-36(28-14-8-4-9-15-28)32(34)25-40-22-18-29(19-23-40)41-20-10-5-11-21-41/h3-4,6-9,12-17,24,26,29,35,42H,5,10-11,18-23,25H2,1-2H3,(H,39,43)/t35-/m0/s1. The Labute approximate surface area is 255 Å².